The summed E-state index contributed by atoms with van der Waals surface area (Å²) in [5.41, 5.74) is 4.40. The normalized spacial score (nSPS) is 22.1. The Bertz CT molecular complexity index is 2020. The fourth-order valence-electron chi connectivity index (χ4n) is 5.08. The van der Waals surface area contributed by atoms with Crippen LogP contribution in [-0.2, 0) is 41.1 Å². The lowest BCUT2D eigenvalue weighted by atomic mass is 9.87. The summed E-state index contributed by atoms with van der Waals surface area (Å²) in [6.07, 6.45) is -7.90. The van der Waals surface area contributed by atoms with E-state index in [2.05, 4.69) is 34.4 Å². The molecule has 318 valence electrons. The Morgan fingerprint density at radius 2 is 1.74 bits per heavy atom. The summed E-state index contributed by atoms with van der Waals surface area (Å²) in [5.74, 6) is -0.907. The number of nitrogens with one attached hydrogen (secondary N) is 2. The van der Waals surface area contributed by atoms with Gasteiger partial charge in [0, 0.05) is 30.7 Å². The van der Waals surface area contributed by atoms with Crippen LogP contribution in [0.3, 0.4) is 0 Å². The number of anilines is 1. The van der Waals surface area contributed by atoms with Crippen molar-refractivity contribution in [3.05, 3.63) is 42.5 Å². The summed E-state index contributed by atoms with van der Waals surface area (Å²) in [6, 6.07) is 6.04. The van der Waals surface area contributed by atoms with Gasteiger partial charge in [-0.15, -0.1) is 0 Å². The van der Waals surface area contributed by atoms with E-state index in [9.17, 15) is 63.3 Å². The average Bonchev–Trinajstić information content (AvgIpc) is 3.68. The molecule has 0 aliphatic carbocycles. The Labute approximate surface area is 327 Å². The zero-order valence-electron chi connectivity index (χ0n) is 29.9. The number of phosphoric ester groups is 3. The molecule has 0 spiro atoms. The maximum atomic E-state index is 12.7. The first-order valence-corrected chi connectivity index (χ1v) is 22.0. The standard InChI is InChI=1S/C28H42N7O18P3S/c1-28(2,22(39)25(40)31-8-7-18(37)30-9-10-57-27(41)15-5-3-4-6-16(15)36)12-50-56(47,48)53-55(45,46)49-11-17-21(52-54(42,43)44)20(38)26(51-17)35-14-34-19-23(29)32-13-33-24(19)35/h3-6,13-14,17-18,20-22,26,30,36-39H,7-12H2,1-2H3,(H,31,40)(H,45,46)(H,47,48)(H2,29,32,33)(H2,42,43,44)/t17-,18?,20-,21-,22+,26-/m1/s1. The topological polar surface area (TPSA) is 387 Å². The monoisotopic (exact) mass is 889 g/mol. The fraction of sp³-hybridized carbons (Fsp3) is 0.536. The molecule has 0 bridgehead atoms. The number of aromatic nitrogens is 4. The maximum absolute atomic E-state index is 12.7. The Morgan fingerprint density at radius 1 is 1.05 bits per heavy atom. The number of aromatic hydroxyl groups is 1. The van der Waals surface area contributed by atoms with Crippen molar-refractivity contribution in [3.8, 4) is 5.75 Å². The zero-order chi connectivity index (χ0) is 42.3. The van der Waals surface area contributed by atoms with E-state index in [1.165, 1.54) is 26.0 Å². The molecule has 1 fully saturated rings. The van der Waals surface area contributed by atoms with E-state index in [4.69, 9.17) is 19.5 Å². The van der Waals surface area contributed by atoms with Gasteiger partial charge in [0.05, 0.1) is 25.1 Å². The molecule has 3 heterocycles. The van der Waals surface area contributed by atoms with Crippen LogP contribution >= 0.6 is 35.2 Å². The molecule has 0 saturated carbocycles. The van der Waals surface area contributed by atoms with Gasteiger partial charge in [0.25, 0.3) is 0 Å². The van der Waals surface area contributed by atoms with Crippen LogP contribution in [0.2, 0.25) is 0 Å². The Balaban J connectivity index is 1.23. The van der Waals surface area contributed by atoms with Crippen molar-refractivity contribution in [1.29, 1.82) is 0 Å². The zero-order valence-corrected chi connectivity index (χ0v) is 33.4. The highest BCUT2D eigenvalue weighted by atomic mass is 32.2. The lowest BCUT2D eigenvalue weighted by molar-refractivity contribution is -0.137. The van der Waals surface area contributed by atoms with Crippen molar-refractivity contribution in [2.75, 3.05) is 37.8 Å². The van der Waals surface area contributed by atoms with E-state index in [-0.39, 0.29) is 58.7 Å². The number of nitrogens with two attached hydrogens (primary N) is 1. The van der Waals surface area contributed by atoms with Gasteiger partial charge in [-0.1, -0.05) is 37.7 Å². The SMILES string of the molecule is CC(C)(COP(=O)(O)OP(=O)(O)OC[C@H]1O[C@@H](n2cnc3c(N)ncnc32)[C@H](O)[C@@H]1OP(=O)(O)O)[C@@H](O)C(=O)NCCC(O)NCCSC(=O)c1ccccc1O. The number of hydrogen-bond acceptors (Lipinski definition) is 20. The van der Waals surface area contributed by atoms with E-state index in [1.54, 1.807) is 12.1 Å². The van der Waals surface area contributed by atoms with Gasteiger partial charge in [-0.3, -0.25) is 33.0 Å². The van der Waals surface area contributed by atoms with Crippen LogP contribution in [0.1, 0.15) is 36.9 Å². The molecule has 0 radical (unpaired) electrons. The predicted octanol–water partition coefficient (Wildman–Crippen LogP) is -0.524. The van der Waals surface area contributed by atoms with Crippen LogP contribution in [0.25, 0.3) is 11.2 Å². The first-order valence-electron chi connectivity index (χ1n) is 16.5. The molecule has 29 heteroatoms. The lowest BCUT2D eigenvalue weighted by Crippen LogP contribution is -2.46. The van der Waals surface area contributed by atoms with Crippen molar-refractivity contribution < 1.29 is 85.9 Å². The number of carbonyl (C=O) groups is 2. The summed E-state index contributed by atoms with van der Waals surface area (Å²) in [5, 5.41) is 46.1. The number of imidazole rings is 1. The number of aliphatic hydroxyl groups is 3. The van der Waals surface area contributed by atoms with Crippen molar-refractivity contribution in [2.45, 2.75) is 57.1 Å². The molecule has 1 aromatic carbocycles. The summed E-state index contributed by atoms with van der Waals surface area (Å²) in [7, 11) is -16.4. The maximum Gasteiger partial charge on any atom is 0.481 e. The number of phosphoric acid groups is 3. The smallest absolute Gasteiger partial charge is 0.481 e. The number of hydrogen-bond donors (Lipinski definition) is 11. The van der Waals surface area contributed by atoms with Gasteiger partial charge < -0.3 is 55.8 Å². The third-order valence-corrected chi connectivity index (χ3v) is 12.0. The van der Waals surface area contributed by atoms with E-state index >= 15 is 0 Å². The number of benzene rings is 1. The minimum atomic E-state index is -5.58. The number of para-hydroxylation sites is 1. The molecule has 1 saturated heterocycles. The molecule has 57 heavy (non-hydrogen) atoms. The van der Waals surface area contributed by atoms with Gasteiger partial charge >= 0.3 is 23.5 Å². The van der Waals surface area contributed by atoms with Crippen LogP contribution in [0.5, 0.6) is 5.75 Å². The highest BCUT2D eigenvalue weighted by molar-refractivity contribution is 8.14. The van der Waals surface area contributed by atoms with Gasteiger partial charge in [-0.2, -0.15) is 4.31 Å². The number of phenolic OH excluding ortho intramolecular Hbond substituents is 1. The first-order chi connectivity index (χ1) is 26.5. The van der Waals surface area contributed by atoms with Crippen molar-refractivity contribution >= 4 is 63.2 Å². The molecule has 2 aromatic heterocycles. The summed E-state index contributed by atoms with van der Waals surface area (Å²) in [4.78, 5) is 75.7. The summed E-state index contributed by atoms with van der Waals surface area (Å²) in [6.45, 7) is 0.537. The third-order valence-electron chi connectivity index (χ3n) is 7.98. The van der Waals surface area contributed by atoms with Crippen molar-refractivity contribution in [3.63, 3.8) is 0 Å². The summed E-state index contributed by atoms with van der Waals surface area (Å²) >= 11 is 0.919. The molecule has 3 unspecified atom stereocenters. The second-order valence-electron chi connectivity index (χ2n) is 12.9. The predicted molar refractivity (Wildman–Crippen MR) is 196 cm³/mol. The lowest BCUT2D eigenvalue weighted by Gasteiger charge is -2.30. The number of aliphatic hydroxyl groups excluding tert-OH is 3. The molecule has 3 aromatic rings. The van der Waals surface area contributed by atoms with Gasteiger partial charge in [0.15, 0.2) is 17.7 Å². The van der Waals surface area contributed by atoms with E-state index < -0.39 is 84.9 Å². The Morgan fingerprint density at radius 3 is 2.42 bits per heavy atom. The second kappa shape index (κ2) is 19.4. The first kappa shape index (κ1) is 46.7. The quantitative estimate of drug-likeness (QED) is 0.0364. The number of fused-ring (bicyclic) bond motifs is 1. The molecule has 1 amide bonds. The van der Waals surface area contributed by atoms with Crippen LogP contribution < -0.4 is 16.4 Å². The van der Waals surface area contributed by atoms with Gasteiger partial charge in [0.1, 0.15) is 48.2 Å². The molecule has 4 rings (SSSR count). The number of phenols is 1. The molecule has 25 nitrogen and oxygen atoms in total. The van der Waals surface area contributed by atoms with Crippen LogP contribution in [0.15, 0.2) is 36.9 Å². The number of thioether (sulfide) groups is 1. The molecule has 12 N–H and O–H groups in total. The van der Waals surface area contributed by atoms with Gasteiger partial charge in [0.2, 0.25) is 11.0 Å². The molecular weight excluding hydrogens is 847 g/mol. The van der Waals surface area contributed by atoms with Crippen LogP contribution in [0.4, 0.5) is 5.82 Å². The third kappa shape index (κ3) is 13.3. The van der Waals surface area contributed by atoms with E-state index in [0.717, 1.165) is 29.0 Å². The van der Waals surface area contributed by atoms with Crippen LogP contribution in [0, 0.1) is 5.41 Å². The average molecular weight is 890 g/mol. The highest BCUT2D eigenvalue weighted by Crippen LogP contribution is 2.61. The Hall–Kier alpha value is -2.97. The van der Waals surface area contributed by atoms with E-state index in [0.29, 0.717) is 0 Å². The highest BCUT2D eigenvalue weighted by Gasteiger charge is 2.50. The van der Waals surface area contributed by atoms with Crippen molar-refractivity contribution in [1.82, 2.24) is 30.2 Å². The van der Waals surface area contributed by atoms with Crippen molar-refractivity contribution in [2.24, 2.45) is 5.41 Å². The molecule has 1 aliphatic heterocycles. The minimum Gasteiger partial charge on any atom is -0.507 e. The largest absolute Gasteiger partial charge is 0.507 e. The summed E-state index contributed by atoms with van der Waals surface area (Å²) < 4.78 is 62.1. The van der Waals surface area contributed by atoms with Gasteiger partial charge in [-0.05, 0) is 12.1 Å². The minimum absolute atomic E-state index is 0.0266. The van der Waals surface area contributed by atoms with Gasteiger partial charge in [-0.25, -0.2) is 28.6 Å². The number of rotatable bonds is 21. The fourth-order valence-corrected chi connectivity index (χ4v) is 8.64. The Kier molecular flexibility index (Phi) is 15.9. The van der Waals surface area contributed by atoms with E-state index in [1.807, 2.05) is 0 Å². The number of ether oxygens (including phenoxy) is 1. The number of carbonyl (C=O) groups excluding carboxylic acids is 2. The number of nitrogen functional groups attached to an aromatic ring is 1. The molecular formula is C28H42N7O18P3S. The molecule has 8 atom stereocenters. The second-order valence-corrected chi connectivity index (χ2v) is 18.2. The number of nitrogens with zero attached hydrogens (tertiary/aromatic N) is 4. The van der Waals surface area contributed by atoms with Crippen LogP contribution in [-0.4, -0.2) is 133 Å². The molecule has 1 aliphatic rings. The number of amides is 1.